The molecule has 4 rings (SSSR count). The molecule has 0 aromatic heterocycles. The highest BCUT2D eigenvalue weighted by atomic mass is 16.1. The first-order chi connectivity index (χ1) is 14.0. The smallest absolute Gasteiger partial charge is 0.257 e. The Labute approximate surface area is 174 Å². The van der Waals surface area contributed by atoms with Crippen molar-refractivity contribution in [2.45, 2.75) is 38.3 Å². The molecule has 0 aliphatic carbocycles. The standard InChI is InChI=1S/C24H32N4O/c1-18-7-6-15-28(18)21-14-16-27(17-21)20-12-10-19(11-13-20)25-24(29)22-8-4-5-9-23(22)26(2)3/h4-5,8-13,18,21H,6-7,14-17H2,1-3H3,(H,25,29). The maximum absolute atomic E-state index is 12.7. The first kappa shape index (κ1) is 19.8. The van der Waals surface area contributed by atoms with Crippen LogP contribution in [0.3, 0.4) is 0 Å². The first-order valence-corrected chi connectivity index (χ1v) is 10.7. The lowest BCUT2D eigenvalue weighted by atomic mass is 10.1. The molecule has 2 aliphatic rings. The molecule has 0 bridgehead atoms. The van der Waals surface area contributed by atoms with Gasteiger partial charge in [-0.2, -0.15) is 0 Å². The summed E-state index contributed by atoms with van der Waals surface area (Å²) in [7, 11) is 3.90. The summed E-state index contributed by atoms with van der Waals surface area (Å²) < 4.78 is 0. The first-order valence-electron chi connectivity index (χ1n) is 10.7. The predicted octanol–water partition coefficient (Wildman–Crippen LogP) is 4.07. The topological polar surface area (TPSA) is 38.8 Å². The number of para-hydroxylation sites is 1. The van der Waals surface area contributed by atoms with Crippen molar-refractivity contribution < 1.29 is 4.79 Å². The fourth-order valence-corrected chi connectivity index (χ4v) is 4.75. The Morgan fingerprint density at radius 2 is 1.79 bits per heavy atom. The number of likely N-dealkylation sites (tertiary alicyclic amines) is 1. The second-order valence-electron chi connectivity index (χ2n) is 8.53. The largest absolute Gasteiger partial charge is 0.377 e. The molecule has 0 radical (unpaired) electrons. The molecule has 0 saturated carbocycles. The molecule has 1 N–H and O–H groups in total. The lowest BCUT2D eigenvalue weighted by molar-refractivity contribution is 0.102. The second-order valence-corrected chi connectivity index (χ2v) is 8.53. The Morgan fingerprint density at radius 3 is 2.48 bits per heavy atom. The molecular weight excluding hydrogens is 360 g/mol. The van der Waals surface area contributed by atoms with Crippen LogP contribution in [0.2, 0.25) is 0 Å². The van der Waals surface area contributed by atoms with Gasteiger partial charge in [0, 0.05) is 56.3 Å². The Hall–Kier alpha value is -2.53. The van der Waals surface area contributed by atoms with Crippen LogP contribution in [0.1, 0.15) is 36.5 Å². The molecule has 1 amide bonds. The van der Waals surface area contributed by atoms with E-state index >= 15 is 0 Å². The Balaban J connectivity index is 1.39. The van der Waals surface area contributed by atoms with Crippen LogP contribution < -0.4 is 15.1 Å². The van der Waals surface area contributed by atoms with Gasteiger partial charge in [-0.15, -0.1) is 0 Å². The van der Waals surface area contributed by atoms with E-state index in [9.17, 15) is 4.79 Å². The lowest BCUT2D eigenvalue weighted by Crippen LogP contribution is -2.39. The molecule has 5 nitrogen and oxygen atoms in total. The monoisotopic (exact) mass is 392 g/mol. The van der Waals surface area contributed by atoms with Crippen molar-refractivity contribution in [3.05, 3.63) is 54.1 Å². The third-order valence-electron chi connectivity index (χ3n) is 6.36. The number of hydrogen-bond donors (Lipinski definition) is 1. The summed E-state index contributed by atoms with van der Waals surface area (Å²) in [6.45, 7) is 5.82. The summed E-state index contributed by atoms with van der Waals surface area (Å²) in [6, 6.07) is 17.4. The van der Waals surface area contributed by atoms with Gasteiger partial charge in [0.2, 0.25) is 0 Å². The third-order valence-corrected chi connectivity index (χ3v) is 6.36. The van der Waals surface area contributed by atoms with E-state index in [4.69, 9.17) is 0 Å². The number of carbonyl (C=O) groups is 1. The molecule has 2 aliphatic heterocycles. The fraction of sp³-hybridized carbons (Fsp3) is 0.458. The Bertz CT molecular complexity index is 848. The Kier molecular flexibility index (Phi) is 5.76. The summed E-state index contributed by atoms with van der Waals surface area (Å²) in [5, 5.41) is 3.04. The van der Waals surface area contributed by atoms with Crippen molar-refractivity contribution in [2.24, 2.45) is 0 Å². The summed E-state index contributed by atoms with van der Waals surface area (Å²) in [5.41, 5.74) is 3.67. The highest BCUT2D eigenvalue weighted by molar-refractivity contribution is 6.08. The number of carbonyl (C=O) groups excluding carboxylic acids is 1. The van der Waals surface area contributed by atoms with E-state index in [0.29, 0.717) is 11.6 Å². The minimum atomic E-state index is -0.0775. The van der Waals surface area contributed by atoms with E-state index in [1.165, 1.54) is 31.5 Å². The van der Waals surface area contributed by atoms with Crippen molar-refractivity contribution in [2.75, 3.05) is 48.8 Å². The molecule has 154 valence electrons. The van der Waals surface area contributed by atoms with Crippen LogP contribution in [0.4, 0.5) is 17.1 Å². The molecule has 5 heteroatoms. The second kappa shape index (κ2) is 8.46. The van der Waals surface area contributed by atoms with Crippen molar-refractivity contribution in [1.29, 1.82) is 0 Å². The average Bonchev–Trinajstić information content (AvgIpc) is 3.37. The third kappa shape index (κ3) is 4.25. The molecule has 29 heavy (non-hydrogen) atoms. The zero-order chi connectivity index (χ0) is 20.4. The zero-order valence-electron chi connectivity index (χ0n) is 17.8. The lowest BCUT2D eigenvalue weighted by Gasteiger charge is -2.28. The Morgan fingerprint density at radius 1 is 1.03 bits per heavy atom. The summed E-state index contributed by atoms with van der Waals surface area (Å²) in [5.74, 6) is -0.0775. The van der Waals surface area contributed by atoms with Crippen LogP contribution >= 0.6 is 0 Å². The van der Waals surface area contributed by atoms with E-state index in [2.05, 4.69) is 34.2 Å². The van der Waals surface area contributed by atoms with Gasteiger partial charge in [0.05, 0.1) is 5.56 Å². The van der Waals surface area contributed by atoms with Crippen LogP contribution in [0.15, 0.2) is 48.5 Å². The normalized spacial score (nSPS) is 22.1. The number of rotatable bonds is 5. The summed E-state index contributed by atoms with van der Waals surface area (Å²) >= 11 is 0. The van der Waals surface area contributed by atoms with Crippen molar-refractivity contribution in [1.82, 2.24) is 4.90 Å². The van der Waals surface area contributed by atoms with Crippen LogP contribution in [-0.4, -0.2) is 56.6 Å². The van der Waals surface area contributed by atoms with Gasteiger partial charge in [0.15, 0.2) is 0 Å². The summed E-state index contributed by atoms with van der Waals surface area (Å²) in [6.07, 6.45) is 3.91. The van der Waals surface area contributed by atoms with Gasteiger partial charge >= 0.3 is 0 Å². The molecule has 2 fully saturated rings. The van der Waals surface area contributed by atoms with Gasteiger partial charge in [-0.05, 0) is 69.1 Å². The molecule has 2 atom stereocenters. The van der Waals surface area contributed by atoms with E-state index < -0.39 is 0 Å². The fourth-order valence-electron chi connectivity index (χ4n) is 4.75. The zero-order valence-corrected chi connectivity index (χ0v) is 17.8. The number of benzene rings is 2. The number of nitrogens with one attached hydrogen (secondary N) is 1. The van der Waals surface area contributed by atoms with Gasteiger partial charge in [-0.1, -0.05) is 12.1 Å². The molecular formula is C24H32N4O. The molecule has 2 aromatic carbocycles. The molecule has 0 spiro atoms. The van der Waals surface area contributed by atoms with Crippen LogP contribution in [0.5, 0.6) is 0 Å². The number of amides is 1. The quantitative estimate of drug-likeness (QED) is 0.833. The van der Waals surface area contributed by atoms with Crippen LogP contribution in [0, 0.1) is 0 Å². The molecule has 2 unspecified atom stereocenters. The molecule has 2 saturated heterocycles. The minimum Gasteiger partial charge on any atom is -0.377 e. The van der Waals surface area contributed by atoms with Crippen molar-refractivity contribution in [3.63, 3.8) is 0 Å². The van der Waals surface area contributed by atoms with Gasteiger partial charge in [-0.25, -0.2) is 0 Å². The van der Waals surface area contributed by atoms with Crippen LogP contribution in [0.25, 0.3) is 0 Å². The summed E-state index contributed by atoms with van der Waals surface area (Å²) in [4.78, 5) is 19.9. The predicted molar refractivity (Wildman–Crippen MR) is 121 cm³/mol. The van der Waals surface area contributed by atoms with Gasteiger partial charge in [-0.3, -0.25) is 9.69 Å². The molecule has 2 aromatic rings. The van der Waals surface area contributed by atoms with E-state index in [1.54, 1.807) is 0 Å². The number of anilines is 3. The highest BCUT2D eigenvalue weighted by Gasteiger charge is 2.32. The van der Waals surface area contributed by atoms with Crippen molar-refractivity contribution in [3.8, 4) is 0 Å². The SMILES string of the molecule is CC1CCCN1C1CCN(c2ccc(NC(=O)c3ccccc3N(C)C)cc2)C1. The molecule has 2 heterocycles. The number of hydrogen-bond acceptors (Lipinski definition) is 4. The minimum absolute atomic E-state index is 0.0775. The van der Waals surface area contributed by atoms with Gasteiger partial charge in [0.25, 0.3) is 5.91 Å². The van der Waals surface area contributed by atoms with Gasteiger partial charge < -0.3 is 15.1 Å². The van der Waals surface area contributed by atoms with Gasteiger partial charge in [0.1, 0.15) is 0 Å². The van der Waals surface area contributed by atoms with E-state index in [1.807, 2.05) is 55.4 Å². The average molecular weight is 393 g/mol. The van der Waals surface area contributed by atoms with E-state index in [0.717, 1.165) is 30.5 Å². The highest BCUT2D eigenvalue weighted by Crippen LogP contribution is 2.29. The maximum atomic E-state index is 12.7. The number of nitrogens with zero attached hydrogens (tertiary/aromatic N) is 3. The van der Waals surface area contributed by atoms with E-state index in [-0.39, 0.29) is 5.91 Å². The van der Waals surface area contributed by atoms with Crippen LogP contribution in [-0.2, 0) is 0 Å². The maximum Gasteiger partial charge on any atom is 0.257 e. The van der Waals surface area contributed by atoms with Crippen molar-refractivity contribution >= 4 is 23.0 Å².